The normalized spacial score (nSPS) is 12.3. The van der Waals surface area contributed by atoms with Gasteiger partial charge in [-0.3, -0.25) is 9.59 Å². The molecule has 0 saturated carbocycles. The maximum atomic E-state index is 13.5. The molecule has 0 spiro atoms. The Kier molecular flexibility index (Phi) is 7.36. The first-order valence-electron chi connectivity index (χ1n) is 7.78. The van der Waals surface area contributed by atoms with E-state index in [2.05, 4.69) is 10.0 Å². The van der Waals surface area contributed by atoms with Crippen LogP contribution in [0.3, 0.4) is 0 Å². The van der Waals surface area contributed by atoms with Gasteiger partial charge in [0, 0.05) is 0 Å². The lowest BCUT2D eigenvalue weighted by Crippen LogP contribution is -2.40. The first kappa shape index (κ1) is 22.1. The van der Waals surface area contributed by atoms with Crippen molar-refractivity contribution in [2.75, 3.05) is 11.9 Å². The molecule has 28 heavy (non-hydrogen) atoms. The van der Waals surface area contributed by atoms with Gasteiger partial charge in [-0.1, -0.05) is 35.3 Å². The fraction of sp³-hybridized carbons (Fsp3) is 0.176. The van der Waals surface area contributed by atoms with E-state index in [0.717, 1.165) is 12.1 Å². The number of amides is 1. The summed E-state index contributed by atoms with van der Waals surface area (Å²) in [7, 11) is -4.08. The maximum absolute atomic E-state index is 13.5. The largest absolute Gasteiger partial charge is 0.454 e. The Balaban J connectivity index is 1.92. The third-order valence-electron chi connectivity index (χ3n) is 3.38. The topological polar surface area (TPSA) is 102 Å². The molecule has 2 N–H and O–H groups in total. The Bertz CT molecular complexity index is 1000. The molecule has 2 aromatic rings. The van der Waals surface area contributed by atoms with Gasteiger partial charge >= 0.3 is 5.97 Å². The summed E-state index contributed by atoms with van der Waals surface area (Å²) in [6.07, 6.45) is 0. The Hall–Kier alpha value is -2.20. The Morgan fingerprint density at radius 2 is 1.82 bits per heavy atom. The van der Waals surface area contributed by atoms with Crippen LogP contribution in [0.2, 0.25) is 10.0 Å². The van der Waals surface area contributed by atoms with Crippen molar-refractivity contribution in [3.05, 3.63) is 58.3 Å². The van der Waals surface area contributed by atoms with E-state index < -0.39 is 40.4 Å². The summed E-state index contributed by atoms with van der Waals surface area (Å²) in [6, 6.07) is 7.82. The second-order valence-corrected chi connectivity index (χ2v) is 8.08. The van der Waals surface area contributed by atoms with Crippen LogP contribution in [0.5, 0.6) is 0 Å². The predicted molar refractivity (Wildman–Crippen MR) is 102 cm³/mol. The number of hydrogen-bond donors (Lipinski definition) is 2. The fourth-order valence-corrected chi connectivity index (χ4v) is 3.58. The van der Waals surface area contributed by atoms with Gasteiger partial charge in [-0.15, -0.1) is 0 Å². The molecule has 0 aliphatic carbocycles. The second kappa shape index (κ2) is 9.33. The molecule has 2 aromatic carbocycles. The van der Waals surface area contributed by atoms with Gasteiger partial charge in [0.25, 0.3) is 5.91 Å². The number of ether oxygens (including phenoxy) is 1. The number of nitrogens with one attached hydrogen (secondary N) is 2. The molecule has 7 nitrogen and oxygen atoms in total. The van der Waals surface area contributed by atoms with Crippen LogP contribution in [0.25, 0.3) is 0 Å². The standard InChI is InChI=1S/C17H15Cl2FN2O5S/c1-10(22-28(25,26)11-6-7-12(18)13(19)8-11)17(24)27-9-16(23)21-15-5-3-2-4-14(15)20/h2-8,10,22H,9H2,1H3,(H,21,23). The SMILES string of the molecule is CC(NS(=O)(=O)c1ccc(Cl)c(Cl)c1)C(=O)OCC(=O)Nc1ccccc1F. The van der Waals surface area contributed by atoms with Gasteiger partial charge in [0.15, 0.2) is 6.61 Å². The predicted octanol–water partition coefficient (Wildman–Crippen LogP) is 2.98. The van der Waals surface area contributed by atoms with Crippen molar-refractivity contribution in [2.24, 2.45) is 0 Å². The molecule has 1 amide bonds. The van der Waals surface area contributed by atoms with Crippen molar-refractivity contribution in [1.82, 2.24) is 4.72 Å². The lowest BCUT2D eigenvalue weighted by atomic mass is 10.3. The number of sulfonamides is 1. The van der Waals surface area contributed by atoms with Crippen molar-refractivity contribution in [1.29, 1.82) is 0 Å². The summed E-state index contributed by atoms with van der Waals surface area (Å²) in [5, 5.41) is 2.44. The molecule has 11 heteroatoms. The number of benzene rings is 2. The average Bonchev–Trinajstić information content (AvgIpc) is 2.63. The molecule has 1 atom stereocenters. The highest BCUT2D eigenvalue weighted by Crippen LogP contribution is 2.24. The summed E-state index contributed by atoms with van der Waals surface area (Å²) >= 11 is 11.5. The Labute approximate surface area is 170 Å². The van der Waals surface area contributed by atoms with Gasteiger partial charge in [0.2, 0.25) is 10.0 Å². The minimum Gasteiger partial charge on any atom is -0.454 e. The molecular weight excluding hydrogens is 434 g/mol. The summed E-state index contributed by atoms with van der Waals surface area (Å²) < 4.78 is 44.9. The van der Waals surface area contributed by atoms with Gasteiger partial charge in [-0.2, -0.15) is 4.72 Å². The monoisotopic (exact) mass is 448 g/mol. The molecule has 0 bridgehead atoms. The molecule has 0 saturated heterocycles. The highest BCUT2D eigenvalue weighted by Gasteiger charge is 2.24. The number of rotatable bonds is 7. The zero-order chi connectivity index (χ0) is 20.9. The summed E-state index contributed by atoms with van der Waals surface area (Å²) in [5.74, 6) is -2.42. The maximum Gasteiger partial charge on any atom is 0.324 e. The van der Waals surface area contributed by atoms with E-state index in [1.807, 2.05) is 0 Å². The molecule has 2 rings (SSSR count). The molecule has 0 aromatic heterocycles. The number of carbonyl (C=O) groups is 2. The highest BCUT2D eigenvalue weighted by atomic mass is 35.5. The zero-order valence-electron chi connectivity index (χ0n) is 14.4. The van der Waals surface area contributed by atoms with Gasteiger partial charge in [-0.25, -0.2) is 12.8 Å². The number of esters is 1. The number of halogens is 3. The van der Waals surface area contributed by atoms with Crippen molar-refractivity contribution >= 4 is 50.8 Å². The minimum absolute atomic E-state index is 0.0320. The molecule has 0 heterocycles. The average molecular weight is 449 g/mol. The Morgan fingerprint density at radius 3 is 2.46 bits per heavy atom. The zero-order valence-corrected chi connectivity index (χ0v) is 16.7. The van der Waals surface area contributed by atoms with Crippen LogP contribution in [0.4, 0.5) is 10.1 Å². The van der Waals surface area contributed by atoms with Gasteiger partial charge in [-0.05, 0) is 37.3 Å². The lowest BCUT2D eigenvalue weighted by Gasteiger charge is -2.14. The van der Waals surface area contributed by atoms with E-state index in [4.69, 9.17) is 27.9 Å². The van der Waals surface area contributed by atoms with Crippen molar-refractivity contribution in [3.8, 4) is 0 Å². The van der Waals surface area contributed by atoms with E-state index in [0.29, 0.717) is 0 Å². The minimum atomic E-state index is -4.08. The van der Waals surface area contributed by atoms with Crippen molar-refractivity contribution < 1.29 is 27.1 Å². The smallest absolute Gasteiger partial charge is 0.324 e. The van der Waals surface area contributed by atoms with E-state index in [9.17, 15) is 22.4 Å². The second-order valence-electron chi connectivity index (χ2n) is 5.55. The molecule has 0 aliphatic heterocycles. The van der Waals surface area contributed by atoms with Crippen LogP contribution in [0.1, 0.15) is 6.92 Å². The molecule has 150 valence electrons. The van der Waals surface area contributed by atoms with Crippen molar-refractivity contribution in [3.63, 3.8) is 0 Å². The number of anilines is 1. The molecular formula is C17H15Cl2FN2O5S. The summed E-state index contributed by atoms with van der Waals surface area (Å²) in [5.41, 5.74) is -0.0723. The van der Waals surface area contributed by atoms with E-state index >= 15 is 0 Å². The summed E-state index contributed by atoms with van der Waals surface area (Å²) in [4.78, 5) is 23.5. The van der Waals surface area contributed by atoms with Crippen molar-refractivity contribution in [2.45, 2.75) is 17.9 Å². The quantitative estimate of drug-likeness (QED) is 0.633. The van der Waals surface area contributed by atoms with E-state index in [-0.39, 0.29) is 20.6 Å². The third-order valence-corrected chi connectivity index (χ3v) is 5.66. The fourth-order valence-electron chi connectivity index (χ4n) is 2.00. The van der Waals surface area contributed by atoms with E-state index in [1.165, 1.54) is 37.3 Å². The molecule has 0 fully saturated rings. The summed E-state index contributed by atoms with van der Waals surface area (Å²) in [6.45, 7) is 0.526. The van der Waals surface area contributed by atoms with Crippen LogP contribution in [0, 0.1) is 5.82 Å². The van der Waals surface area contributed by atoms with Gasteiger partial charge in [0.05, 0.1) is 20.6 Å². The number of carbonyl (C=O) groups excluding carboxylic acids is 2. The number of hydrogen-bond acceptors (Lipinski definition) is 5. The first-order valence-corrected chi connectivity index (χ1v) is 10.0. The van der Waals surface area contributed by atoms with Gasteiger partial charge < -0.3 is 10.1 Å². The van der Waals surface area contributed by atoms with E-state index in [1.54, 1.807) is 0 Å². The molecule has 0 aliphatic rings. The van der Waals surface area contributed by atoms with Gasteiger partial charge in [0.1, 0.15) is 11.9 Å². The van der Waals surface area contributed by atoms with Crippen LogP contribution >= 0.6 is 23.2 Å². The first-order chi connectivity index (χ1) is 13.1. The van der Waals surface area contributed by atoms with Crippen LogP contribution in [-0.2, 0) is 24.3 Å². The molecule has 1 unspecified atom stereocenters. The van der Waals surface area contributed by atoms with Crippen LogP contribution < -0.4 is 10.0 Å². The third kappa shape index (κ3) is 5.90. The highest BCUT2D eigenvalue weighted by molar-refractivity contribution is 7.89. The number of para-hydroxylation sites is 1. The van der Waals surface area contributed by atoms with Crippen LogP contribution in [-0.4, -0.2) is 32.9 Å². The Morgan fingerprint density at radius 1 is 1.14 bits per heavy atom. The molecule has 0 radical (unpaired) electrons. The van der Waals surface area contributed by atoms with Crippen LogP contribution in [0.15, 0.2) is 47.4 Å². The lowest BCUT2D eigenvalue weighted by molar-refractivity contribution is -0.148.